The summed E-state index contributed by atoms with van der Waals surface area (Å²) in [5.41, 5.74) is 0.856. The molecule has 6 heteroatoms. The lowest BCUT2D eigenvalue weighted by atomic mass is 10.0. The third kappa shape index (κ3) is 4.12. The Hall–Kier alpha value is -3.93. The van der Waals surface area contributed by atoms with Gasteiger partial charge in [0.25, 0.3) is 0 Å². The van der Waals surface area contributed by atoms with Crippen molar-refractivity contribution in [1.82, 2.24) is 4.40 Å². The summed E-state index contributed by atoms with van der Waals surface area (Å²) in [6.07, 6.45) is 0.849. The maximum absolute atomic E-state index is 13.7. The van der Waals surface area contributed by atoms with Gasteiger partial charge in [0.15, 0.2) is 0 Å². The number of fused-ring (bicyclic) bond motifs is 3. The topological polar surface area (TPSA) is 74.1 Å². The summed E-state index contributed by atoms with van der Waals surface area (Å²) < 4.78 is 12.6. The average molecular weight is 443 g/mol. The van der Waals surface area contributed by atoms with Crippen molar-refractivity contribution >= 4 is 34.0 Å². The van der Waals surface area contributed by atoms with Gasteiger partial charge < -0.3 is 13.9 Å². The number of aromatic nitrogens is 1. The van der Waals surface area contributed by atoms with E-state index >= 15 is 0 Å². The predicted octanol–water partition coefficient (Wildman–Crippen LogP) is 5.45. The van der Waals surface area contributed by atoms with Gasteiger partial charge in [-0.05, 0) is 39.1 Å². The monoisotopic (exact) mass is 443 g/mol. The molecular weight excluding hydrogens is 418 g/mol. The van der Waals surface area contributed by atoms with Crippen molar-refractivity contribution in [2.75, 3.05) is 0 Å². The average Bonchev–Trinajstić information content (AvgIpc) is 3.14. The Morgan fingerprint density at radius 1 is 0.727 bits per heavy atom. The molecule has 0 fully saturated rings. The smallest absolute Gasteiger partial charge is 0.341 e. The van der Waals surface area contributed by atoms with Crippen molar-refractivity contribution in [2.45, 2.75) is 39.9 Å². The maximum atomic E-state index is 13.7. The van der Waals surface area contributed by atoms with Crippen molar-refractivity contribution in [3.63, 3.8) is 0 Å². The van der Waals surface area contributed by atoms with E-state index in [1.165, 1.54) is 0 Å². The van der Waals surface area contributed by atoms with Crippen molar-refractivity contribution in [3.05, 3.63) is 89.2 Å². The Kier molecular flexibility index (Phi) is 6.01. The van der Waals surface area contributed by atoms with Crippen LogP contribution in [0.3, 0.4) is 0 Å². The molecule has 0 aliphatic carbocycles. The van der Waals surface area contributed by atoms with Crippen LogP contribution in [0.4, 0.5) is 0 Å². The first-order chi connectivity index (χ1) is 15.8. The molecule has 168 valence electrons. The number of carbonyl (C=O) groups excluding carboxylic acids is 3. The van der Waals surface area contributed by atoms with Crippen molar-refractivity contribution in [3.8, 4) is 0 Å². The fourth-order valence-corrected chi connectivity index (χ4v) is 3.91. The van der Waals surface area contributed by atoms with Gasteiger partial charge >= 0.3 is 11.9 Å². The molecule has 0 N–H and O–H groups in total. The highest BCUT2D eigenvalue weighted by Gasteiger charge is 2.35. The Bertz CT molecular complexity index is 1370. The SMILES string of the molecule is CC(C)OC(=O)c1c(C(=O)OC(C)C)c2c3ccccc3ccn2c1C(=O)c1ccccc1. The minimum Gasteiger partial charge on any atom is -0.459 e. The standard InChI is InChI=1S/C27H25NO5/c1-16(2)32-26(30)21-22(27(31)33-17(3)4)24(25(29)19-11-6-5-7-12-19)28-15-14-18-10-8-9-13-20(18)23(21)28/h5-17H,1-4H3. The summed E-state index contributed by atoms with van der Waals surface area (Å²) >= 11 is 0. The fraction of sp³-hybridized carbons (Fsp3) is 0.222. The van der Waals surface area contributed by atoms with E-state index in [0.29, 0.717) is 11.1 Å². The van der Waals surface area contributed by atoms with Crippen LogP contribution >= 0.6 is 0 Å². The van der Waals surface area contributed by atoms with E-state index < -0.39 is 24.1 Å². The van der Waals surface area contributed by atoms with Crippen LogP contribution in [-0.2, 0) is 9.47 Å². The summed E-state index contributed by atoms with van der Waals surface area (Å²) in [4.78, 5) is 40.4. The number of hydrogen-bond acceptors (Lipinski definition) is 5. The normalized spacial score (nSPS) is 11.3. The molecule has 6 nitrogen and oxygen atoms in total. The lowest BCUT2D eigenvalue weighted by Crippen LogP contribution is -2.20. The molecule has 4 rings (SSSR count). The van der Waals surface area contributed by atoms with E-state index in [-0.39, 0.29) is 22.6 Å². The number of carbonyl (C=O) groups is 3. The van der Waals surface area contributed by atoms with Gasteiger partial charge in [0.2, 0.25) is 5.78 Å². The van der Waals surface area contributed by atoms with E-state index in [9.17, 15) is 14.4 Å². The highest BCUT2D eigenvalue weighted by atomic mass is 16.5. The summed E-state index contributed by atoms with van der Waals surface area (Å²) in [5.74, 6) is -1.81. The number of rotatable bonds is 6. The Morgan fingerprint density at radius 3 is 1.94 bits per heavy atom. The van der Waals surface area contributed by atoms with Gasteiger partial charge in [-0.1, -0.05) is 54.6 Å². The van der Waals surface area contributed by atoms with Crippen LogP contribution in [0.25, 0.3) is 16.3 Å². The zero-order chi connectivity index (χ0) is 23.7. The first kappa shape index (κ1) is 22.3. The van der Waals surface area contributed by atoms with E-state index in [1.807, 2.05) is 30.3 Å². The minimum atomic E-state index is -0.743. The highest BCUT2D eigenvalue weighted by Crippen LogP contribution is 2.33. The zero-order valence-corrected chi connectivity index (χ0v) is 19.0. The molecule has 0 amide bonds. The molecule has 0 unspecified atom stereocenters. The van der Waals surface area contributed by atoms with Gasteiger partial charge in [0, 0.05) is 17.1 Å². The van der Waals surface area contributed by atoms with Gasteiger partial charge in [-0.2, -0.15) is 0 Å². The third-order valence-corrected chi connectivity index (χ3v) is 5.17. The van der Waals surface area contributed by atoms with Crippen molar-refractivity contribution < 1.29 is 23.9 Å². The van der Waals surface area contributed by atoms with Crippen LogP contribution in [0.1, 0.15) is 64.5 Å². The van der Waals surface area contributed by atoms with Crippen molar-refractivity contribution in [2.24, 2.45) is 0 Å². The minimum absolute atomic E-state index is 0.0328. The van der Waals surface area contributed by atoms with Crippen LogP contribution in [0.5, 0.6) is 0 Å². The number of esters is 2. The molecule has 33 heavy (non-hydrogen) atoms. The Balaban J connectivity index is 2.14. The third-order valence-electron chi connectivity index (χ3n) is 5.17. The van der Waals surface area contributed by atoms with Gasteiger partial charge in [-0.25, -0.2) is 9.59 Å². The van der Waals surface area contributed by atoms with Crippen LogP contribution in [-0.4, -0.2) is 34.3 Å². The number of benzene rings is 2. The van der Waals surface area contributed by atoms with Crippen LogP contribution in [0.2, 0.25) is 0 Å². The maximum Gasteiger partial charge on any atom is 0.341 e. The Labute approximate surface area is 191 Å². The molecule has 0 aliphatic rings. The highest BCUT2D eigenvalue weighted by molar-refractivity contribution is 6.22. The van der Waals surface area contributed by atoms with Gasteiger partial charge in [0.1, 0.15) is 16.8 Å². The van der Waals surface area contributed by atoms with E-state index in [0.717, 1.165) is 10.8 Å². The van der Waals surface area contributed by atoms with Gasteiger partial charge in [0.05, 0.1) is 17.7 Å². The molecule has 2 heterocycles. The second kappa shape index (κ2) is 8.90. The summed E-state index contributed by atoms with van der Waals surface area (Å²) in [5, 5.41) is 1.59. The molecular formula is C27H25NO5. The molecule has 0 spiro atoms. The quantitative estimate of drug-likeness (QED) is 0.292. The number of pyridine rings is 1. The van der Waals surface area contributed by atoms with E-state index in [1.54, 1.807) is 68.6 Å². The summed E-state index contributed by atoms with van der Waals surface area (Å²) in [7, 11) is 0. The van der Waals surface area contributed by atoms with Crippen LogP contribution in [0.15, 0.2) is 66.9 Å². The van der Waals surface area contributed by atoms with E-state index in [2.05, 4.69) is 0 Å². The molecule has 4 aromatic rings. The molecule has 0 saturated heterocycles. The molecule has 0 atom stereocenters. The number of ketones is 1. The van der Waals surface area contributed by atoms with Gasteiger partial charge in [-0.15, -0.1) is 0 Å². The second-order valence-electron chi connectivity index (χ2n) is 8.32. The molecule has 2 aromatic carbocycles. The summed E-state index contributed by atoms with van der Waals surface area (Å²) in [6.45, 7) is 6.90. The van der Waals surface area contributed by atoms with Crippen LogP contribution in [0, 0.1) is 0 Å². The zero-order valence-electron chi connectivity index (χ0n) is 19.0. The molecule has 0 saturated carbocycles. The lowest BCUT2D eigenvalue weighted by Gasteiger charge is -2.12. The van der Waals surface area contributed by atoms with Crippen LogP contribution < -0.4 is 0 Å². The second-order valence-corrected chi connectivity index (χ2v) is 8.32. The number of nitrogens with zero attached hydrogens (tertiary/aromatic N) is 1. The number of ether oxygens (including phenoxy) is 2. The molecule has 0 bridgehead atoms. The molecule has 0 radical (unpaired) electrons. The first-order valence-electron chi connectivity index (χ1n) is 10.9. The molecule has 2 aromatic heterocycles. The Morgan fingerprint density at radius 2 is 1.30 bits per heavy atom. The fourth-order valence-electron chi connectivity index (χ4n) is 3.91. The lowest BCUT2D eigenvalue weighted by molar-refractivity contribution is 0.0330. The largest absolute Gasteiger partial charge is 0.459 e. The molecule has 0 aliphatic heterocycles. The van der Waals surface area contributed by atoms with Crippen molar-refractivity contribution in [1.29, 1.82) is 0 Å². The number of hydrogen-bond donors (Lipinski definition) is 0. The summed E-state index contributed by atoms with van der Waals surface area (Å²) in [6, 6.07) is 18.0. The van der Waals surface area contributed by atoms with E-state index in [4.69, 9.17) is 9.47 Å². The predicted molar refractivity (Wildman–Crippen MR) is 126 cm³/mol. The first-order valence-corrected chi connectivity index (χ1v) is 10.9. The van der Waals surface area contributed by atoms with Gasteiger partial charge in [-0.3, -0.25) is 4.79 Å².